The summed E-state index contributed by atoms with van der Waals surface area (Å²) >= 11 is 0. The molecule has 0 unspecified atom stereocenters. The number of hydrogen-bond acceptors (Lipinski definition) is 3. The van der Waals surface area contributed by atoms with E-state index in [1.165, 1.54) is 27.6 Å². The van der Waals surface area contributed by atoms with Gasteiger partial charge in [-0.05, 0) is 71.5 Å². The van der Waals surface area contributed by atoms with Crippen molar-refractivity contribution in [1.29, 1.82) is 0 Å². The second-order valence-corrected chi connectivity index (χ2v) is 10.5. The Morgan fingerprint density at radius 1 is 0.585 bits per heavy atom. The Bertz CT molecular complexity index is 2010. The highest BCUT2D eigenvalue weighted by molar-refractivity contribution is 6.08. The number of allylic oxidation sites excluding steroid dienone is 1. The van der Waals surface area contributed by atoms with Crippen molar-refractivity contribution in [1.82, 2.24) is 19.5 Å². The van der Waals surface area contributed by atoms with E-state index in [-0.39, 0.29) is 0 Å². The van der Waals surface area contributed by atoms with Crippen LogP contribution in [-0.2, 0) is 6.42 Å². The molecule has 0 aliphatic heterocycles. The van der Waals surface area contributed by atoms with Crippen molar-refractivity contribution in [2.24, 2.45) is 0 Å². The summed E-state index contributed by atoms with van der Waals surface area (Å²) in [6, 6.07) is 34.3. The molecule has 0 spiro atoms. The van der Waals surface area contributed by atoms with Crippen molar-refractivity contribution in [2.75, 3.05) is 0 Å². The summed E-state index contributed by atoms with van der Waals surface area (Å²) in [5.74, 6) is 0. The molecule has 4 aromatic heterocycles. The third-order valence-corrected chi connectivity index (χ3v) is 8.08. The van der Waals surface area contributed by atoms with E-state index in [1.807, 2.05) is 24.8 Å². The molecule has 0 N–H and O–H groups in total. The van der Waals surface area contributed by atoms with E-state index >= 15 is 0 Å². The molecule has 8 rings (SSSR count). The highest BCUT2D eigenvalue weighted by Gasteiger charge is 2.12. The van der Waals surface area contributed by atoms with Crippen LogP contribution in [0.3, 0.4) is 0 Å². The highest BCUT2D eigenvalue weighted by Crippen LogP contribution is 2.32. The van der Waals surface area contributed by atoms with Gasteiger partial charge >= 0.3 is 0 Å². The predicted octanol–water partition coefficient (Wildman–Crippen LogP) is 8.93. The van der Waals surface area contributed by atoms with E-state index in [4.69, 9.17) is 9.97 Å². The second kappa shape index (κ2) is 9.68. The van der Waals surface area contributed by atoms with Gasteiger partial charge in [0.2, 0.25) is 0 Å². The Labute approximate surface area is 238 Å². The smallest absolute Gasteiger partial charge is 0.0886 e. The van der Waals surface area contributed by atoms with Gasteiger partial charge in [0.25, 0.3) is 0 Å². The molecule has 194 valence electrons. The molecule has 41 heavy (non-hydrogen) atoms. The van der Waals surface area contributed by atoms with Crippen LogP contribution in [0, 0.1) is 0 Å². The average Bonchev–Trinajstić information content (AvgIpc) is 3.39. The minimum Gasteiger partial charge on any atom is -0.309 e. The number of para-hydroxylation sites is 1. The zero-order valence-electron chi connectivity index (χ0n) is 22.4. The largest absolute Gasteiger partial charge is 0.309 e. The number of hydrogen-bond donors (Lipinski definition) is 0. The number of aryl methyl sites for hydroxylation is 1. The van der Waals surface area contributed by atoms with Crippen molar-refractivity contribution in [3.8, 4) is 39.3 Å². The topological polar surface area (TPSA) is 43.6 Å². The van der Waals surface area contributed by atoms with Gasteiger partial charge in [-0.3, -0.25) is 15.0 Å². The van der Waals surface area contributed by atoms with Crippen LogP contribution in [0.2, 0.25) is 0 Å². The fraction of sp³-hybridized carbons (Fsp3) is 0.0541. The number of pyridine rings is 3. The normalized spacial score (nSPS) is 12.6. The molecular weight excluding hydrogens is 500 g/mol. The van der Waals surface area contributed by atoms with Gasteiger partial charge in [-0.15, -0.1) is 0 Å². The lowest BCUT2D eigenvalue weighted by Gasteiger charge is -2.12. The maximum atomic E-state index is 4.76. The van der Waals surface area contributed by atoms with Gasteiger partial charge in [0, 0.05) is 52.4 Å². The van der Waals surface area contributed by atoms with Crippen molar-refractivity contribution >= 4 is 27.9 Å². The molecule has 0 saturated heterocycles. The first kappa shape index (κ1) is 23.5. The van der Waals surface area contributed by atoms with Crippen LogP contribution < -0.4 is 0 Å². The van der Waals surface area contributed by atoms with E-state index in [0.717, 1.165) is 57.5 Å². The predicted molar refractivity (Wildman–Crippen MR) is 168 cm³/mol. The molecule has 3 aromatic carbocycles. The third-order valence-electron chi connectivity index (χ3n) is 8.08. The molecule has 1 aliphatic carbocycles. The number of nitrogens with zero attached hydrogens (tertiary/aromatic N) is 4. The van der Waals surface area contributed by atoms with E-state index < -0.39 is 0 Å². The van der Waals surface area contributed by atoms with Crippen LogP contribution in [0.1, 0.15) is 17.5 Å². The van der Waals surface area contributed by atoms with Crippen LogP contribution in [-0.4, -0.2) is 19.5 Å². The summed E-state index contributed by atoms with van der Waals surface area (Å²) in [6.07, 6.45) is 14.4. The van der Waals surface area contributed by atoms with Gasteiger partial charge in [0.15, 0.2) is 0 Å². The minimum atomic E-state index is 0.867. The molecule has 4 nitrogen and oxygen atoms in total. The SMILES string of the molecule is C1=Cc2ccc(-c3ccc(-c4ccc(-c5ccc(-n6c7ccccc7c7cnccc76)cc5)cn4)nc3)cc2CC1. The van der Waals surface area contributed by atoms with E-state index in [1.54, 1.807) is 0 Å². The quantitative estimate of drug-likeness (QED) is 0.230. The monoisotopic (exact) mass is 526 g/mol. The lowest BCUT2D eigenvalue weighted by atomic mass is 9.93. The third kappa shape index (κ3) is 4.12. The summed E-state index contributed by atoms with van der Waals surface area (Å²) in [5, 5.41) is 2.37. The molecule has 0 bridgehead atoms. The van der Waals surface area contributed by atoms with Crippen LogP contribution in [0.15, 0.2) is 128 Å². The summed E-state index contributed by atoms with van der Waals surface area (Å²) in [5.41, 5.74) is 12.5. The number of fused-ring (bicyclic) bond motifs is 4. The van der Waals surface area contributed by atoms with Crippen molar-refractivity contribution in [2.45, 2.75) is 12.8 Å². The summed E-state index contributed by atoms with van der Waals surface area (Å²) in [6.45, 7) is 0. The first-order chi connectivity index (χ1) is 20.3. The van der Waals surface area contributed by atoms with E-state index in [0.29, 0.717) is 0 Å². The molecular formula is C37H26N4. The van der Waals surface area contributed by atoms with Gasteiger partial charge in [0.1, 0.15) is 0 Å². The second-order valence-electron chi connectivity index (χ2n) is 10.5. The lowest BCUT2D eigenvalue weighted by molar-refractivity contribution is 0.986. The fourth-order valence-corrected chi connectivity index (χ4v) is 5.94. The molecule has 0 radical (unpaired) electrons. The van der Waals surface area contributed by atoms with Crippen LogP contribution in [0.5, 0.6) is 0 Å². The summed E-state index contributed by atoms with van der Waals surface area (Å²) < 4.78 is 2.30. The molecule has 0 amide bonds. The zero-order valence-corrected chi connectivity index (χ0v) is 22.4. The highest BCUT2D eigenvalue weighted by atomic mass is 15.0. The number of benzene rings is 3. The lowest BCUT2D eigenvalue weighted by Crippen LogP contribution is -1.95. The standard InChI is InChI=1S/C37H26N4/c1-2-6-27-21-28(10-9-25(27)5-1)30-14-18-35(40-23-30)34-17-13-29(22-39-34)26-11-15-31(16-12-26)41-36-8-4-3-7-32(36)33-24-38-20-19-37(33)41/h1,3-5,7-24H,2,6H2. The number of rotatable bonds is 4. The van der Waals surface area contributed by atoms with Gasteiger partial charge in [-0.1, -0.05) is 72.8 Å². The molecule has 0 atom stereocenters. The van der Waals surface area contributed by atoms with Gasteiger partial charge in [-0.25, -0.2) is 0 Å². The minimum absolute atomic E-state index is 0.867. The number of aromatic nitrogens is 4. The van der Waals surface area contributed by atoms with Gasteiger partial charge in [-0.2, -0.15) is 0 Å². The molecule has 0 fully saturated rings. The Morgan fingerprint density at radius 3 is 2.07 bits per heavy atom. The molecule has 1 aliphatic rings. The van der Waals surface area contributed by atoms with E-state index in [9.17, 15) is 0 Å². The Kier molecular flexibility index (Phi) is 5.56. The van der Waals surface area contributed by atoms with E-state index in [2.05, 4.69) is 119 Å². The maximum Gasteiger partial charge on any atom is 0.0886 e. The summed E-state index contributed by atoms with van der Waals surface area (Å²) in [4.78, 5) is 13.9. The van der Waals surface area contributed by atoms with Crippen molar-refractivity contribution in [3.05, 3.63) is 139 Å². The van der Waals surface area contributed by atoms with Gasteiger partial charge < -0.3 is 4.57 Å². The van der Waals surface area contributed by atoms with Crippen molar-refractivity contribution < 1.29 is 0 Å². The van der Waals surface area contributed by atoms with Crippen LogP contribution >= 0.6 is 0 Å². The molecule has 0 saturated carbocycles. The van der Waals surface area contributed by atoms with Gasteiger partial charge in [0.05, 0.1) is 22.4 Å². The molecule has 4 heteroatoms. The molecule has 7 aromatic rings. The van der Waals surface area contributed by atoms with Crippen molar-refractivity contribution in [3.63, 3.8) is 0 Å². The Hall–Kier alpha value is -5.35. The fourth-order valence-electron chi connectivity index (χ4n) is 5.94. The first-order valence-electron chi connectivity index (χ1n) is 14.0. The summed E-state index contributed by atoms with van der Waals surface area (Å²) in [7, 11) is 0. The first-order valence-corrected chi connectivity index (χ1v) is 14.0. The van der Waals surface area contributed by atoms with Crippen LogP contribution in [0.4, 0.5) is 0 Å². The maximum absolute atomic E-state index is 4.76. The Balaban J connectivity index is 1.05. The molecule has 4 heterocycles. The van der Waals surface area contributed by atoms with Crippen LogP contribution in [0.25, 0.3) is 67.2 Å². The zero-order chi connectivity index (χ0) is 27.2. The Morgan fingerprint density at radius 2 is 1.29 bits per heavy atom. The average molecular weight is 527 g/mol.